The van der Waals surface area contributed by atoms with Crippen LogP contribution in [0.5, 0.6) is 11.5 Å². The van der Waals surface area contributed by atoms with Crippen molar-refractivity contribution < 1.29 is 24.2 Å². The summed E-state index contributed by atoms with van der Waals surface area (Å²) in [5, 5.41) is 11.3. The van der Waals surface area contributed by atoms with Gasteiger partial charge in [0.15, 0.2) is 11.5 Å². The van der Waals surface area contributed by atoms with E-state index in [-0.39, 0.29) is 24.2 Å². The van der Waals surface area contributed by atoms with Crippen LogP contribution in [0.15, 0.2) is 48.0 Å². The van der Waals surface area contributed by atoms with Crippen LogP contribution < -0.4 is 14.4 Å². The van der Waals surface area contributed by atoms with E-state index in [1.165, 1.54) is 0 Å². The van der Waals surface area contributed by atoms with E-state index < -0.39 is 17.7 Å². The summed E-state index contributed by atoms with van der Waals surface area (Å²) >= 11 is 0. The molecule has 0 bridgehead atoms. The largest absolute Gasteiger partial charge is 0.507 e. The standard InChI is InChI=1S/C26H28N2O5/c1-27(2)18-11-8-16(9-12-18)23-22(24(29)17-10-13-20-21(14-17)33-15-32-20)25(30)26(31)28(23)19-6-4-3-5-7-19/h8-14,19,23,29H,3-7,15H2,1-2H3/b24-22-. The van der Waals surface area contributed by atoms with Crippen molar-refractivity contribution in [2.75, 3.05) is 25.8 Å². The van der Waals surface area contributed by atoms with Crippen LogP contribution in [-0.2, 0) is 9.59 Å². The Labute approximate surface area is 193 Å². The first-order chi connectivity index (χ1) is 16.0. The minimum Gasteiger partial charge on any atom is -0.507 e. The predicted molar refractivity (Wildman–Crippen MR) is 124 cm³/mol. The molecular weight excluding hydrogens is 420 g/mol. The second-order valence-electron chi connectivity index (χ2n) is 9.05. The Kier molecular flexibility index (Phi) is 5.48. The van der Waals surface area contributed by atoms with Crippen molar-refractivity contribution in [3.63, 3.8) is 0 Å². The highest BCUT2D eigenvalue weighted by Gasteiger charge is 2.48. The van der Waals surface area contributed by atoms with Gasteiger partial charge in [0.05, 0.1) is 11.6 Å². The van der Waals surface area contributed by atoms with E-state index in [0.717, 1.165) is 43.4 Å². The topological polar surface area (TPSA) is 79.3 Å². The normalized spacial score (nSPS) is 22.1. The molecule has 1 aliphatic carbocycles. The van der Waals surface area contributed by atoms with Crippen LogP contribution in [0.4, 0.5) is 5.69 Å². The molecule has 172 valence electrons. The number of anilines is 1. The molecule has 2 aromatic carbocycles. The van der Waals surface area contributed by atoms with E-state index in [1.54, 1.807) is 23.1 Å². The monoisotopic (exact) mass is 448 g/mol. The lowest BCUT2D eigenvalue weighted by molar-refractivity contribution is -0.141. The van der Waals surface area contributed by atoms with Crippen molar-refractivity contribution in [1.82, 2.24) is 4.90 Å². The lowest BCUT2D eigenvalue weighted by Gasteiger charge is -2.35. The van der Waals surface area contributed by atoms with E-state index in [2.05, 4.69) is 0 Å². The molecule has 2 heterocycles. The van der Waals surface area contributed by atoms with Gasteiger partial charge in [-0.3, -0.25) is 9.59 Å². The quantitative estimate of drug-likeness (QED) is 0.428. The van der Waals surface area contributed by atoms with E-state index in [1.807, 2.05) is 43.3 Å². The van der Waals surface area contributed by atoms with Gasteiger partial charge in [0.25, 0.3) is 11.7 Å². The molecule has 2 aliphatic heterocycles. The molecule has 5 rings (SSSR count). The molecule has 1 saturated carbocycles. The van der Waals surface area contributed by atoms with Crippen LogP contribution in [-0.4, -0.2) is 48.6 Å². The number of aliphatic hydroxyl groups is 1. The molecule has 2 aromatic rings. The highest BCUT2D eigenvalue weighted by atomic mass is 16.7. The van der Waals surface area contributed by atoms with Crippen molar-refractivity contribution in [1.29, 1.82) is 0 Å². The number of carbonyl (C=O) groups excluding carboxylic acids is 2. The van der Waals surface area contributed by atoms with Crippen molar-refractivity contribution in [2.24, 2.45) is 0 Å². The predicted octanol–water partition coefficient (Wildman–Crippen LogP) is 4.24. The molecule has 1 saturated heterocycles. The minimum atomic E-state index is -0.641. The fourth-order valence-corrected chi connectivity index (χ4v) is 5.07. The first-order valence-corrected chi connectivity index (χ1v) is 11.4. The van der Waals surface area contributed by atoms with Crippen LogP contribution in [0.25, 0.3) is 5.76 Å². The Morgan fingerprint density at radius 2 is 1.67 bits per heavy atom. The van der Waals surface area contributed by atoms with Gasteiger partial charge >= 0.3 is 0 Å². The highest BCUT2D eigenvalue weighted by Crippen LogP contribution is 2.44. The Hall–Kier alpha value is -3.48. The van der Waals surface area contributed by atoms with Gasteiger partial charge in [-0.05, 0) is 48.7 Å². The third-order valence-electron chi connectivity index (χ3n) is 6.82. The van der Waals surface area contributed by atoms with Crippen molar-refractivity contribution in [3.8, 4) is 11.5 Å². The van der Waals surface area contributed by atoms with Gasteiger partial charge in [0.2, 0.25) is 6.79 Å². The number of Topliss-reactive ketones (excluding diaryl/α,β-unsaturated/α-hetero) is 1. The fraction of sp³-hybridized carbons (Fsp3) is 0.385. The van der Waals surface area contributed by atoms with Crippen LogP contribution in [0.3, 0.4) is 0 Å². The molecule has 2 fully saturated rings. The number of benzene rings is 2. The zero-order valence-electron chi connectivity index (χ0n) is 18.9. The molecule has 1 unspecified atom stereocenters. The highest BCUT2D eigenvalue weighted by molar-refractivity contribution is 6.46. The Morgan fingerprint density at radius 1 is 0.970 bits per heavy atom. The number of hydrogen-bond acceptors (Lipinski definition) is 6. The minimum absolute atomic E-state index is 0.0178. The summed E-state index contributed by atoms with van der Waals surface area (Å²) in [5.41, 5.74) is 2.38. The number of ether oxygens (including phenoxy) is 2. The molecule has 1 amide bonds. The third kappa shape index (κ3) is 3.71. The molecule has 33 heavy (non-hydrogen) atoms. The summed E-state index contributed by atoms with van der Waals surface area (Å²) in [4.78, 5) is 30.3. The van der Waals surface area contributed by atoms with Gasteiger partial charge in [0.1, 0.15) is 5.76 Å². The van der Waals surface area contributed by atoms with Crippen LogP contribution in [0.2, 0.25) is 0 Å². The lowest BCUT2D eigenvalue weighted by Crippen LogP contribution is -2.40. The van der Waals surface area contributed by atoms with Crippen LogP contribution >= 0.6 is 0 Å². The zero-order chi connectivity index (χ0) is 23.1. The third-order valence-corrected chi connectivity index (χ3v) is 6.82. The molecule has 7 nitrogen and oxygen atoms in total. The number of aliphatic hydroxyl groups excluding tert-OH is 1. The zero-order valence-corrected chi connectivity index (χ0v) is 18.9. The number of rotatable bonds is 4. The Morgan fingerprint density at radius 3 is 2.36 bits per heavy atom. The van der Waals surface area contributed by atoms with E-state index >= 15 is 0 Å². The number of ketones is 1. The SMILES string of the molecule is CN(C)c1ccc(C2/C(=C(/O)c3ccc4c(c3)OCO4)C(=O)C(=O)N2C2CCCCC2)cc1. The maximum atomic E-state index is 13.3. The fourth-order valence-electron chi connectivity index (χ4n) is 5.07. The first-order valence-electron chi connectivity index (χ1n) is 11.4. The Bertz CT molecular complexity index is 1120. The molecule has 0 radical (unpaired) electrons. The second kappa shape index (κ2) is 8.46. The van der Waals surface area contributed by atoms with Gasteiger partial charge < -0.3 is 24.4 Å². The summed E-state index contributed by atoms with van der Waals surface area (Å²) in [7, 11) is 3.92. The van der Waals surface area contributed by atoms with Crippen molar-refractivity contribution in [3.05, 3.63) is 59.2 Å². The summed E-state index contributed by atoms with van der Waals surface area (Å²) < 4.78 is 10.8. The smallest absolute Gasteiger partial charge is 0.295 e. The van der Waals surface area contributed by atoms with Gasteiger partial charge in [-0.15, -0.1) is 0 Å². The number of fused-ring (bicyclic) bond motifs is 1. The number of amides is 1. The van der Waals surface area contributed by atoms with E-state index in [0.29, 0.717) is 17.1 Å². The molecular formula is C26H28N2O5. The molecule has 0 aromatic heterocycles. The average Bonchev–Trinajstić information content (AvgIpc) is 3.41. The van der Waals surface area contributed by atoms with Gasteiger partial charge in [-0.1, -0.05) is 31.4 Å². The van der Waals surface area contributed by atoms with Gasteiger partial charge in [-0.2, -0.15) is 0 Å². The lowest BCUT2D eigenvalue weighted by atomic mass is 9.91. The van der Waals surface area contributed by atoms with Crippen LogP contribution in [0.1, 0.15) is 49.3 Å². The van der Waals surface area contributed by atoms with Gasteiger partial charge in [-0.25, -0.2) is 0 Å². The summed E-state index contributed by atoms with van der Waals surface area (Å²) in [6.45, 7) is 0.115. The van der Waals surface area contributed by atoms with Crippen molar-refractivity contribution >= 4 is 23.1 Å². The van der Waals surface area contributed by atoms with E-state index in [9.17, 15) is 14.7 Å². The van der Waals surface area contributed by atoms with Crippen molar-refractivity contribution in [2.45, 2.75) is 44.2 Å². The average molecular weight is 449 g/mol. The summed E-state index contributed by atoms with van der Waals surface area (Å²) in [6.07, 6.45) is 4.93. The van der Waals surface area contributed by atoms with Crippen LogP contribution in [0, 0.1) is 0 Å². The van der Waals surface area contributed by atoms with Gasteiger partial charge in [0, 0.05) is 31.4 Å². The Balaban J connectivity index is 1.63. The number of nitrogens with zero attached hydrogens (tertiary/aromatic N) is 2. The second-order valence-corrected chi connectivity index (χ2v) is 9.05. The number of carbonyl (C=O) groups is 2. The maximum absolute atomic E-state index is 13.3. The number of hydrogen-bond donors (Lipinski definition) is 1. The molecule has 0 spiro atoms. The molecule has 3 aliphatic rings. The summed E-state index contributed by atoms with van der Waals surface area (Å²) in [5.74, 6) is -0.271. The molecule has 1 N–H and O–H groups in total. The molecule has 7 heteroatoms. The first kappa shape index (κ1) is 21.4. The molecule has 1 atom stereocenters. The number of likely N-dealkylation sites (tertiary alicyclic amines) is 1. The summed E-state index contributed by atoms with van der Waals surface area (Å²) in [6, 6.07) is 12.2. The van der Waals surface area contributed by atoms with E-state index in [4.69, 9.17) is 9.47 Å². The maximum Gasteiger partial charge on any atom is 0.295 e.